The van der Waals surface area contributed by atoms with Gasteiger partial charge in [-0.2, -0.15) is 0 Å². The quantitative estimate of drug-likeness (QED) is 0.621. The van der Waals surface area contributed by atoms with Crippen LogP contribution < -0.4 is 9.64 Å². The summed E-state index contributed by atoms with van der Waals surface area (Å²) in [6.45, 7) is 0.421. The Morgan fingerprint density at radius 2 is 1.70 bits per heavy atom. The van der Waals surface area contributed by atoms with Crippen LogP contribution in [-0.4, -0.2) is 64.3 Å². The summed E-state index contributed by atoms with van der Waals surface area (Å²) in [5.41, 5.74) is 3.54. The lowest BCUT2D eigenvalue weighted by Crippen LogP contribution is -2.60. The van der Waals surface area contributed by atoms with E-state index in [2.05, 4.69) is 17.0 Å². The molecule has 0 aromatic heterocycles. The highest BCUT2D eigenvalue weighted by molar-refractivity contribution is 5.70. The minimum atomic E-state index is -1.46. The van der Waals surface area contributed by atoms with Gasteiger partial charge in [0.05, 0.1) is 6.61 Å². The summed E-state index contributed by atoms with van der Waals surface area (Å²) in [7, 11) is 0. The van der Waals surface area contributed by atoms with Crippen molar-refractivity contribution >= 4 is 11.4 Å². The molecule has 2 aromatic carbocycles. The first-order valence-corrected chi connectivity index (χ1v) is 9.01. The van der Waals surface area contributed by atoms with Gasteiger partial charge in [-0.15, -0.1) is 0 Å². The summed E-state index contributed by atoms with van der Waals surface area (Å²) in [4.78, 5) is 2.23. The van der Waals surface area contributed by atoms with Crippen LogP contribution in [-0.2, 0) is 11.2 Å². The molecule has 27 heavy (non-hydrogen) atoms. The number of nitrogens with zero attached hydrogens (tertiary/aromatic N) is 1. The third-order valence-electron chi connectivity index (χ3n) is 5.14. The summed E-state index contributed by atoms with van der Waals surface area (Å²) in [5, 5.41) is 39.0. The van der Waals surface area contributed by atoms with E-state index >= 15 is 0 Å². The van der Waals surface area contributed by atoms with Gasteiger partial charge in [0, 0.05) is 17.9 Å². The molecule has 144 valence electrons. The lowest BCUT2D eigenvalue weighted by molar-refractivity contribution is -0.277. The molecule has 7 heteroatoms. The van der Waals surface area contributed by atoms with Gasteiger partial charge in [0.2, 0.25) is 6.29 Å². The Morgan fingerprint density at radius 3 is 2.44 bits per heavy atom. The van der Waals surface area contributed by atoms with Gasteiger partial charge in [0.1, 0.15) is 30.2 Å². The predicted molar refractivity (Wildman–Crippen MR) is 98.0 cm³/mol. The second-order valence-electron chi connectivity index (χ2n) is 6.84. The Hall–Kier alpha value is -2.16. The second-order valence-corrected chi connectivity index (χ2v) is 6.84. The Kier molecular flexibility index (Phi) is 5.03. The third-order valence-corrected chi connectivity index (χ3v) is 5.14. The first kappa shape index (κ1) is 18.2. The number of ether oxygens (including phenoxy) is 2. The van der Waals surface area contributed by atoms with E-state index in [1.807, 2.05) is 24.3 Å². The van der Waals surface area contributed by atoms with Crippen molar-refractivity contribution in [1.82, 2.24) is 0 Å². The molecule has 1 saturated heterocycles. The summed E-state index contributed by atoms with van der Waals surface area (Å²) < 4.78 is 11.0. The molecule has 2 aromatic rings. The van der Waals surface area contributed by atoms with E-state index in [0.29, 0.717) is 5.75 Å². The SMILES string of the molecule is OC[C@H]1O[C@H](Oc2ccc(N3CCc4ccccc43)cc2)[C@@H](O)[C@@H](O)[C@@H]1O. The normalized spacial score (nSPS) is 30.2. The van der Waals surface area contributed by atoms with E-state index in [0.717, 1.165) is 18.7 Å². The standard InChI is InChI=1S/C20H23NO6/c22-11-16-17(23)18(24)19(25)20(27-16)26-14-7-5-13(6-8-14)21-10-9-12-3-1-2-4-15(12)21/h1-8,16-20,22-25H,9-11H2/t16-,17-,18+,19+,20+/m1/s1. The lowest BCUT2D eigenvalue weighted by Gasteiger charge is -2.39. The van der Waals surface area contributed by atoms with Crippen molar-refractivity contribution in [2.24, 2.45) is 0 Å². The van der Waals surface area contributed by atoms with Crippen LogP contribution in [0.5, 0.6) is 5.75 Å². The molecular weight excluding hydrogens is 350 g/mol. The third kappa shape index (κ3) is 3.40. The van der Waals surface area contributed by atoms with Gasteiger partial charge in [0.15, 0.2) is 0 Å². The molecule has 0 spiro atoms. The monoisotopic (exact) mass is 373 g/mol. The highest BCUT2D eigenvalue weighted by atomic mass is 16.7. The van der Waals surface area contributed by atoms with Crippen molar-refractivity contribution in [3.63, 3.8) is 0 Å². The van der Waals surface area contributed by atoms with Crippen LogP contribution in [0.2, 0.25) is 0 Å². The van der Waals surface area contributed by atoms with Gasteiger partial charge in [0.25, 0.3) is 0 Å². The van der Waals surface area contributed by atoms with E-state index < -0.39 is 37.3 Å². The Bertz CT molecular complexity index is 780. The van der Waals surface area contributed by atoms with Gasteiger partial charge >= 0.3 is 0 Å². The molecule has 4 N–H and O–H groups in total. The molecule has 0 radical (unpaired) electrons. The van der Waals surface area contributed by atoms with Crippen molar-refractivity contribution in [1.29, 1.82) is 0 Å². The fourth-order valence-corrected chi connectivity index (χ4v) is 3.61. The molecule has 0 aliphatic carbocycles. The molecule has 1 fully saturated rings. The topological polar surface area (TPSA) is 103 Å². The molecule has 7 nitrogen and oxygen atoms in total. The van der Waals surface area contributed by atoms with Gasteiger partial charge < -0.3 is 34.8 Å². The van der Waals surface area contributed by atoms with Gasteiger partial charge in [-0.3, -0.25) is 0 Å². The van der Waals surface area contributed by atoms with E-state index in [9.17, 15) is 20.4 Å². The minimum absolute atomic E-state index is 0.454. The second kappa shape index (κ2) is 7.46. The molecule has 2 heterocycles. The van der Waals surface area contributed by atoms with Crippen LogP contribution >= 0.6 is 0 Å². The van der Waals surface area contributed by atoms with Crippen LogP contribution in [0.4, 0.5) is 11.4 Å². The maximum atomic E-state index is 10.1. The highest BCUT2D eigenvalue weighted by Crippen LogP contribution is 2.35. The Labute approximate surface area is 157 Å². The smallest absolute Gasteiger partial charge is 0.229 e. The lowest BCUT2D eigenvalue weighted by atomic mass is 9.99. The average molecular weight is 373 g/mol. The average Bonchev–Trinajstić information content (AvgIpc) is 3.13. The molecule has 4 rings (SSSR count). The van der Waals surface area contributed by atoms with Crippen LogP contribution in [0, 0.1) is 0 Å². The molecule has 0 saturated carbocycles. The van der Waals surface area contributed by atoms with Crippen molar-refractivity contribution in [3.05, 3.63) is 54.1 Å². The number of hydrogen-bond donors (Lipinski definition) is 4. The zero-order chi connectivity index (χ0) is 19.0. The number of benzene rings is 2. The number of para-hydroxylation sites is 1. The van der Waals surface area contributed by atoms with Crippen LogP contribution in [0.1, 0.15) is 5.56 Å². The molecule has 0 amide bonds. The summed E-state index contributed by atoms with van der Waals surface area (Å²) in [6, 6.07) is 15.7. The zero-order valence-electron chi connectivity index (χ0n) is 14.7. The maximum absolute atomic E-state index is 10.1. The summed E-state index contributed by atoms with van der Waals surface area (Å²) in [5.74, 6) is 0.454. The molecule has 2 aliphatic rings. The van der Waals surface area contributed by atoms with E-state index in [-0.39, 0.29) is 0 Å². The molecule has 0 unspecified atom stereocenters. The van der Waals surface area contributed by atoms with Crippen molar-refractivity contribution in [2.45, 2.75) is 37.1 Å². The number of rotatable bonds is 4. The van der Waals surface area contributed by atoms with Gasteiger partial charge in [-0.05, 0) is 42.3 Å². The number of aliphatic hydroxyl groups is 4. The van der Waals surface area contributed by atoms with Crippen LogP contribution in [0.3, 0.4) is 0 Å². The van der Waals surface area contributed by atoms with Gasteiger partial charge in [-0.1, -0.05) is 18.2 Å². The first-order valence-electron chi connectivity index (χ1n) is 9.01. The van der Waals surface area contributed by atoms with E-state index in [4.69, 9.17) is 9.47 Å². The zero-order valence-corrected chi connectivity index (χ0v) is 14.7. The van der Waals surface area contributed by atoms with Crippen molar-refractivity contribution < 1.29 is 29.9 Å². The van der Waals surface area contributed by atoms with Crippen LogP contribution in [0.25, 0.3) is 0 Å². The first-order chi connectivity index (χ1) is 13.1. The van der Waals surface area contributed by atoms with Gasteiger partial charge in [-0.25, -0.2) is 0 Å². The number of anilines is 2. The molecule has 2 aliphatic heterocycles. The van der Waals surface area contributed by atoms with E-state index in [1.54, 1.807) is 12.1 Å². The number of hydrogen-bond acceptors (Lipinski definition) is 7. The maximum Gasteiger partial charge on any atom is 0.229 e. The Morgan fingerprint density at radius 1 is 0.963 bits per heavy atom. The highest BCUT2D eigenvalue weighted by Gasteiger charge is 2.44. The largest absolute Gasteiger partial charge is 0.462 e. The number of aliphatic hydroxyl groups excluding tert-OH is 4. The molecular formula is C20H23NO6. The molecule has 5 atom stereocenters. The summed E-state index contributed by atoms with van der Waals surface area (Å²) in [6.07, 6.45) is -5.45. The van der Waals surface area contributed by atoms with Crippen LogP contribution in [0.15, 0.2) is 48.5 Å². The summed E-state index contributed by atoms with van der Waals surface area (Å²) >= 11 is 0. The van der Waals surface area contributed by atoms with Crippen molar-refractivity contribution in [2.75, 3.05) is 18.1 Å². The predicted octanol–water partition coefficient (Wildman–Crippen LogP) is 0.559. The fourth-order valence-electron chi connectivity index (χ4n) is 3.61. The Balaban J connectivity index is 1.47. The minimum Gasteiger partial charge on any atom is -0.462 e. The van der Waals surface area contributed by atoms with Crippen molar-refractivity contribution in [3.8, 4) is 5.75 Å². The van der Waals surface area contributed by atoms with E-state index in [1.165, 1.54) is 11.3 Å². The molecule has 0 bridgehead atoms. The number of fused-ring (bicyclic) bond motifs is 1. The fraction of sp³-hybridized carbons (Fsp3) is 0.400.